The lowest BCUT2D eigenvalue weighted by molar-refractivity contribution is 0.133. The SMILES string of the molecule is OC(CC1CCNCC1)c1cccc(F)c1. The lowest BCUT2D eigenvalue weighted by Crippen LogP contribution is -2.28. The van der Waals surface area contributed by atoms with Gasteiger partial charge in [-0.3, -0.25) is 0 Å². The van der Waals surface area contributed by atoms with Crippen molar-refractivity contribution in [3.63, 3.8) is 0 Å². The van der Waals surface area contributed by atoms with E-state index in [-0.39, 0.29) is 5.82 Å². The molecule has 0 bridgehead atoms. The maximum atomic E-state index is 13.0. The van der Waals surface area contributed by atoms with Crippen LogP contribution in [0.25, 0.3) is 0 Å². The minimum atomic E-state index is -0.529. The maximum Gasteiger partial charge on any atom is 0.123 e. The van der Waals surface area contributed by atoms with Crippen molar-refractivity contribution in [1.29, 1.82) is 0 Å². The number of halogens is 1. The summed E-state index contributed by atoms with van der Waals surface area (Å²) < 4.78 is 13.0. The molecule has 0 radical (unpaired) electrons. The van der Waals surface area contributed by atoms with E-state index in [1.807, 2.05) is 0 Å². The highest BCUT2D eigenvalue weighted by atomic mass is 19.1. The van der Waals surface area contributed by atoms with E-state index < -0.39 is 6.10 Å². The summed E-state index contributed by atoms with van der Waals surface area (Å²) in [5, 5.41) is 13.3. The van der Waals surface area contributed by atoms with E-state index in [1.165, 1.54) is 12.1 Å². The summed E-state index contributed by atoms with van der Waals surface area (Å²) in [4.78, 5) is 0. The number of hydrogen-bond donors (Lipinski definition) is 2. The summed E-state index contributed by atoms with van der Waals surface area (Å²) in [5.74, 6) is 0.279. The van der Waals surface area contributed by atoms with Crippen LogP contribution in [0, 0.1) is 11.7 Å². The first kappa shape index (κ1) is 11.6. The second-order valence-electron chi connectivity index (χ2n) is 4.50. The zero-order valence-corrected chi connectivity index (χ0v) is 9.32. The second-order valence-corrected chi connectivity index (χ2v) is 4.50. The first-order valence-electron chi connectivity index (χ1n) is 5.90. The number of hydrogen-bond acceptors (Lipinski definition) is 2. The van der Waals surface area contributed by atoms with Gasteiger partial charge in [0.25, 0.3) is 0 Å². The van der Waals surface area contributed by atoms with E-state index in [0.29, 0.717) is 11.5 Å². The number of nitrogens with one attached hydrogen (secondary N) is 1. The average Bonchev–Trinajstić information content (AvgIpc) is 2.30. The molecule has 1 aliphatic rings. The summed E-state index contributed by atoms with van der Waals surface area (Å²) in [6.07, 6.45) is 2.42. The fraction of sp³-hybridized carbons (Fsp3) is 0.538. The Morgan fingerprint density at radius 1 is 1.38 bits per heavy atom. The third kappa shape index (κ3) is 3.03. The monoisotopic (exact) mass is 223 g/mol. The van der Waals surface area contributed by atoms with Crippen LogP contribution in [-0.2, 0) is 0 Å². The Labute approximate surface area is 95.5 Å². The van der Waals surface area contributed by atoms with Gasteiger partial charge in [-0.2, -0.15) is 0 Å². The lowest BCUT2D eigenvalue weighted by atomic mass is 9.90. The molecule has 0 aromatic heterocycles. The molecule has 0 aliphatic carbocycles. The molecular formula is C13H18FNO. The molecule has 1 aromatic rings. The normalized spacial score (nSPS) is 19.6. The molecule has 0 spiro atoms. The molecule has 0 amide bonds. The molecule has 1 unspecified atom stereocenters. The third-order valence-corrected chi connectivity index (χ3v) is 3.25. The second kappa shape index (κ2) is 5.41. The fourth-order valence-electron chi connectivity index (χ4n) is 2.28. The van der Waals surface area contributed by atoms with Crippen LogP contribution in [0.2, 0.25) is 0 Å². The Balaban J connectivity index is 1.94. The predicted octanol–water partition coefficient (Wildman–Crippen LogP) is 2.25. The van der Waals surface area contributed by atoms with Gasteiger partial charge in [-0.05, 0) is 56.0 Å². The zero-order chi connectivity index (χ0) is 11.4. The van der Waals surface area contributed by atoms with Gasteiger partial charge in [-0.15, -0.1) is 0 Å². The van der Waals surface area contributed by atoms with Crippen molar-refractivity contribution in [1.82, 2.24) is 5.32 Å². The quantitative estimate of drug-likeness (QED) is 0.823. The zero-order valence-electron chi connectivity index (χ0n) is 9.32. The van der Waals surface area contributed by atoms with Gasteiger partial charge in [0.1, 0.15) is 5.82 Å². The molecule has 1 fully saturated rings. The van der Waals surface area contributed by atoms with Crippen LogP contribution < -0.4 is 5.32 Å². The van der Waals surface area contributed by atoms with Gasteiger partial charge in [0.05, 0.1) is 6.10 Å². The van der Waals surface area contributed by atoms with Crippen LogP contribution >= 0.6 is 0 Å². The fourth-order valence-corrected chi connectivity index (χ4v) is 2.28. The number of benzene rings is 1. The summed E-state index contributed by atoms with van der Waals surface area (Å²) in [6.45, 7) is 2.06. The molecule has 1 aliphatic heterocycles. The molecule has 16 heavy (non-hydrogen) atoms. The molecule has 1 aromatic carbocycles. The average molecular weight is 223 g/mol. The van der Waals surface area contributed by atoms with Crippen molar-refractivity contribution < 1.29 is 9.50 Å². The van der Waals surface area contributed by atoms with Gasteiger partial charge in [0.15, 0.2) is 0 Å². The van der Waals surface area contributed by atoms with E-state index >= 15 is 0 Å². The summed E-state index contributed by atoms with van der Waals surface area (Å²) in [7, 11) is 0. The van der Waals surface area contributed by atoms with Crippen molar-refractivity contribution in [3.05, 3.63) is 35.6 Å². The standard InChI is InChI=1S/C13H18FNO/c14-12-3-1-2-11(9-12)13(16)8-10-4-6-15-7-5-10/h1-3,9-10,13,15-16H,4-8H2. The highest BCUT2D eigenvalue weighted by Crippen LogP contribution is 2.26. The van der Waals surface area contributed by atoms with Gasteiger partial charge in [-0.1, -0.05) is 12.1 Å². The Morgan fingerprint density at radius 3 is 2.81 bits per heavy atom. The summed E-state index contributed by atoms with van der Waals surface area (Å²) in [5.41, 5.74) is 0.693. The Bertz CT molecular complexity index is 336. The Morgan fingerprint density at radius 2 is 2.12 bits per heavy atom. The number of aliphatic hydroxyl groups is 1. The highest BCUT2D eigenvalue weighted by molar-refractivity contribution is 5.18. The van der Waals surface area contributed by atoms with E-state index in [9.17, 15) is 9.50 Å². The van der Waals surface area contributed by atoms with Gasteiger partial charge < -0.3 is 10.4 Å². The molecule has 3 heteroatoms. The molecule has 1 saturated heterocycles. The molecule has 1 atom stereocenters. The van der Waals surface area contributed by atoms with Crippen molar-refractivity contribution in [3.8, 4) is 0 Å². The maximum absolute atomic E-state index is 13.0. The van der Waals surface area contributed by atoms with E-state index in [2.05, 4.69) is 5.32 Å². The third-order valence-electron chi connectivity index (χ3n) is 3.25. The van der Waals surface area contributed by atoms with Gasteiger partial charge in [0, 0.05) is 0 Å². The Kier molecular flexibility index (Phi) is 3.91. The number of piperidine rings is 1. The number of aliphatic hydroxyl groups excluding tert-OH is 1. The summed E-state index contributed by atoms with van der Waals surface area (Å²) >= 11 is 0. The molecule has 2 N–H and O–H groups in total. The van der Waals surface area contributed by atoms with E-state index in [4.69, 9.17) is 0 Å². The van der Waals surface area contributed by atoms with Crippen LogP contribution in [0.1, 0.15) is 30.9 Å². The van der Waals surface area contributed by atoms with Crippen LogP contribution in [-0.4, -0.2) is 18.2 Å². The first-order valence-corrected chi connectivity index (χ1v) is 5.90. The number of rotatable bonds is 3. The summed E-state index contributed by atoms with van der Waals surface area (Å²) in [6, 6.07) is 6.26. The van der Waals surface area contributed by atoms with Crippen LogP contribution in [0.3, 0.4) is 0 Å². The minimum absolute atomic E-state index is 0.276. The predicted molar refractivity (Wildman–Crippen MR) is 61.6 cm³/mol. The molecule has 1 heterocycles. The van der Waals surface area contributed by atoms with E-state index in [0.717, 1.165) is 32.4 Å². The minimum Gasteiger partial charge on any atom is -0.388 e. The molecule has 2 rings (SSSR count). The smallest absolute Gasteiger partial charge is 0.123 e. The molecule has 88 valence electrons. The van der Waals surface area contributed by atoms with Crippen molar-refractivity contribution in [2.75, 3.05) is 13.1 Å². The van der Waals surface area contributed by atoms with Crippen LogP contribution in [0.4, 0.5) is 4.39 Å². The van der Waals surface area contributed by atoms with Crippen molar-refractivity contribution in [2.45, 2.75) is 25.4 Å². The molecule has 0 saturated carbocycles. The first-order chi connectivity index (χ1) is 7.75. The van der Waals surface area contributed by atoms with Crippen LogP contribution in [0.5, 0.6) is 0 Å². The van der Waals surface area contributed by atoms with Gasteiger partial charge in [0.2, 0.25) is 0 Å². The lowest BCUT2D eigenvalue weighted by Gasteiger charge is -2.24. The van der Waals surface area contributed by atoms with Crippen LogP contribution in [0.15, 0.2) is 24.3 Å². The Hall–Kier alpha value is -0.930. The van der Waals surface area contributed by atoms with Crippen molar-refractivity contribution in [2.24, 2.45) is 5.92 Å². The van der Waals surface area contributed by atoms with Crippen molar-refractivity contribution >= 4 is 0 Å². The van der Waals surface area contributed by atoms with E-state index in [1.54, 1.807) is 12.1 Å². The molecule has 2 nitrogen and oxygen atoms in total. The topological polar surface area (TPSA) is 32.3 Å². The highest BCUT2D eigenvalue weighted by Gasteiger charge is 2.18. The molecular weight excluding hydrogens is 205 g/mol. The van der Waals surface area contributed by atoms with Gasteiger partial charge in [-0.25, -0.2) is 4.39 Å². The largest absolute Gasteiger partial charge is 0.388 e. The van der Waals surface area contributed by atoms with Gasteiger partial charge >= 0.3 is 0 Å².